The molecule has 1 fully saturated rings. The standard InChI is InChI=1S/C13H16ClNO2/c1-8-11(14)9(13(15)4-2-3-5-13)6-10-12(8)17-7-16-10/h6H,2-5,7,15H2,1H3. The maximum absolute atomic E-state index is 6.46. The van der Waals surface area contributed by atoms with Crippen LogP contribution >= 0.6 is 11.6 Å². The van der Waals surface area contributed by atoms with E-state index in [0.717, 1.165) is 40.5 Å². The summed E-state index contributed by atoms with van der Waals surface area (Å²) in [6.45, 7) is 2.23. The van der Waals surface area contributed by atoms with Crippen molar-refractivity contribution in [1.29, 1.82) is 0 Å². The van der Waals surface area contributed by atoms with Gasteiger partial charge in [0.25, 0.3) is 0 Å². The first-order valence-corrected chi connectivity index (χ1v) is 6.38. The molecule has 0 aromatic heterocycles. The zero-order valence-corrected chi connectivity index (χ0v) is 10.6. The number of nitrogens with two attached hydrogens (primary N) is 1. The lowest BCUT2D eigenvalue weighted by molar-refractivity contribution is 0.173. The quantitative estimate of drug-likeness (QED) is 0.836. The summed E-state index contributed by atoms with van der Waals surface area (Å²) < 4.78 is 10.9. The monoisotopic (exact) mass is 253 g/mol. The molecule has 2 N–H and O–H groups in total. The minimum atomic E-state index is -0.289. The molecular formula is C13H16ClNO2. The first-order valence-electron chi connectivity index (χ1n) is 6.00. The Morgan fingerprint density at radius 3 is 2.71 bits per heavy atom. The van der Waals surface area contributed by atoms with Crippen molar-refractivity contribution in [2.75, 3.05) is 6.79 Å². The van der Waals surface area contributed by atoms with Gasteiger partial charge in [-0.1, -0.05) is 24.4 Å². The summed E-state index contributed by atoms with van der Waals surface area (Å²) in [5, 5.41) is 0.735. The van der Waals surface area contributed by atoms with Crippen LogP contribution in [0.4, 0.5) is 0 Å². The Kier molecular flexibility index (Phi) is 2.49. The van der Waals surface area contributed by atoms with Gasteiger partial charge in [0, 0.05) is 11.1 Å². The van der Waals surface area contributed by atoms with Crippen molar-refractivity contribution in [1.82, 2.24) is 0 Å². The average Bonchev–Trinajstić information content (AvgIpc) is 2.92. The third-order valence-corrected chi connectivity index (χ3v) is 4.34. The van der Waals surface area contributed by atoms with Crippen LogP contribution in [0.15, 0.2) is 6.07 Å². The van der Waals surface area contributed by atoms with E-state index < -0.39 is 0 Å². The van der Waals surface area contributed by atoms with Gasteiger partial charge in [0.05, 0.1) is 5.02 Å². The molecule has 92 valence electrons. The predicted octanol–water partition coefficient (Wildman–Crippen LogP) is 3.11. The molecule has 4 heteroatoms. The minimum absolute atomic E-state index is 0.271. The molecule has 1 aliphatic heterocycles. The lowest BCUT2D eigenvalue weighted by Crippen LogP contribution is -2.33. The van der Waals surface area contributed by atoms with Gasteiger partial charge < -0.3 is 15.2 Å². The van der Waals surface area contributed by atoms with Gasteiger partial charge >= 0.3 is 0 Å². The van der Waals surface area contributed by atoms with Gasteiger partial charge in [-0.15, -0.1) is 0 Å². The molecular weight excluding hydrogens is 238 g/mol. The van der Waals surface area contributed by atoms with Gasteiger partial charge in [-0.2, -0.15) is 0 Å². The van der Waals surface area contributed by atoms with E-state index in [0.29, 0.717) is 0 Å². The van der Waals surface area contributed by atoms with Crippen LogP contribution < -0.4 is 15.2 Å². The highest BCUT2D eigenvalue weighted by atomic mass is 35.5. The summed E-state index contributed by atoms with van der Waals surface area (Å²) >= 11 is 6.43. The Labute approximate surface area is 106 Å². The number of halogens is 1. The highest BCUT2D eigenvalue weighted by Crippen LogP contribution is 2.47. The lowest BCUT2D eigenvalue weighted by atomic mass is 9.88. The van der Waals surface area contributed by atoms with E-state index >= 15 is 0 Å². The van der Waals surface area contributed by atoms with E-state index in [-0.39, 0.29) is 12.3 Å². The van der Waals surface area contributed by atoms with Crippen molar-refractivity contribution < 1.29 is 9.47 Å². The lowest BCUT2D eigenvalue weighted by Gasteiger charge is -2.26. The largest absolute Gasteiger partial charge is 0.454 e. The summed E-state index contributed by atoms with van der Waals surface area (Å²) in [5.74, 6) is 1.54. The fourth-order valence-corrected chi connectivity index (χ4v) is 3.15. The average molecular weight is 254 g/mol. The zero-order valence-electron chi connectivity index (χ0n) is 9.88. The molecule has 17 heavy (non-hydrogen) atoms. The SMILES string of the molecule is Cc1c(Cl)c(C2(N)CCCC2)cc2c1OCO2. The summed E-state index contributed by atoms with van der Waals surface area (Å²) in [7, 11) is 0. The Bertz CT molecular complexity index is 467. The maximum atomic E-state index is 6.46. The molecule has 1 aromatic rings. The van der Waals surface area contributed by atoms with Crippen molar-refractivity contribution in [2.45, 2.75) is 38.1 Å². The second kappa shape index (κ2) is 3.79. The fourth-order valence-electron chi connectivity index (χ4n) is 2.82. The first kappa shape index (κ1) is 11.2. The Hall–Kier alpha value is -0.930. The highest BCUT2D eigenvalue weighted by molar-refractivity contribution is 6.32. The van der Waals surface area contributed by atoms with Crippen molar-refractivity contribution >= 4 is 11.6 Å². The van der Waals surface area contributed by atoms with Crippen LogP contribution in [0, 0.1) is 6.92 Å². The summed E-state index contributed by atoms with van der Waals surface area (Å²) in [5.41, 5.74) is 8.13. The second-order valence-electron chi connectivity index (χ2n) is 4.96. The number of benzene rings is 1. The van der Waals surface area contributed by atoms with E-state index in [9.17, 15) is 0 Å². The third-order valence-electron chi connectivity index (χ3n) is 3.86. The number of rotatable bonds is 1. The molecule has 1 aliphatic carbocycles. The predicted molar refractivity (Wildman–Crippen MR) is 66.6 cm³/mol. The van der Waals surface area contributed by atoms with Crippen molar-refractivity contribution in [3.8, 4) is 11.5 Å². The highest BCUT2D eigenvalue weighted by Gasteiger charge is 2.35. The van der Waals surface area contributed by atoms with Crippen LogP contribution in [-0.4, -0.2) is 6.79 Å². The van der Waals surface area contributed by atoms with E-state index in [4.69, 9.17) is 26.8 Å². The normalized spacial score (nSPS) is 20.9. The van der Waals surface area contributed by atoms with Gasteiger partial charge in [0.2, 0.25) is 6.79 Å². The van der Waals surface area contributed by atoms with Crippen LogP contribution in [0.1, 0.15) is 36.8 Å². The third kappa shape index (κ3) is 1.60. The Morgan fingerprint density at radius 2 is 2.00 bits per heavy atom. The first-order chi connectivity index (χ1) is 8.12. The number of ether oxygens (including phenoxy) is 2. The molecule has 1 saturated carbocycles. The topological polar surface area (TPSA) is 44.5 Å². The molecule has 1 aromatic carbocycles. The summed E-state index contributed by atoms with van der Waals surface area (Å²) in [6, 6.07) is 1.96. The van der Waals surface area contributed by atoms with Crippen LogP contribution in [0.2, 0.25) is 5.02 Å². The van der Waals surface area contributed by atoms with Gasteiger partial charge in [-0.3, -0.25) is 0 Å². The Balaban J connectivity index is 2.14. The zero-order chi connectivity index (χ0) is 12.0. The number of hydrogen-bond acceptors (Lipinski definition) is 3. The minimum Gasteiger partial charge on any atom is -0.454 e. The molecule has 0 spiro atoms. The summed E-state index contributed by atoms with van der Waals surface area (Å²) in [6.07, 6.45) is 4.32. The van der Waals surface area contributed by atoms with Gasteiger partial charge in [-0.25, -0.2) is 0 Å². The molecule has 0 radical (unpaired) electrons. The molecule has 0 saturated heterocycles. The van der Waals surface area contributed by atoms with Crippen molar-refractivity contribution in [3.05, 3.63) is 22.2 Å². The molecule has 3 nitrogen and oxygen atoms in total. The molecule has 0 unspecified atom stereocenters. The number of fused-ring (bicyclic) bond motifs is 1. The molecule has 0 atom stereocenters. The van der Waals surface area contributed by atoms with E-state index in [2.05, 4.69) is 0 Å². The fraction of sp³-hybridized carbons (Fsp3) is 0.538. The van der Waals surface area contributed by atoms with Gasteiger partial charge in [0.15, 0.2) is 11.5 Å². The van der Waals surface area contributed by atoms with Crippen molar-refractivity contribution in [2.24, 2.45) is 5.73 Å². The molecule has 0 bridgehead atoms. The van der Waals surface area contributed by atoms with Gasteiger partial charge in [-0.05, 0) is 31.4 Å². The van der Waals surface area contributed by atoms with E-state index in [1.54, 1.807) is 0 Å². The molecule has 0 amide bonds. The van der Waals surface area contributed by atoms with Gasteiger partial charge in [0.1, 0.15) is 0 Å². The van der Waals surface area contributed by atoms with Crippen LogP contribution in [0.25, 0.3) is 0 Å². The van der Waals surface area contributed by atoms with E-state index in [1.165, 1.54) is 12.8 Å². The maximum Gasteiger partial charge on any atom is 0.231 e. The molecule has 2 aliphatic rings. The van der Waals surface area contributed by atoms with Crippen LogP contribution in [0.3, 0.4) is 0 Å². The number of hydrogen-bond donors (Lipinski definition) is 1. The van der Waals surface area contributed by atoms with Crippen molar-refractivity contribution in [3.63, 3.8) is 0 Å². The van der Waals surface area contributed by atoms with E-state index in [1.807, 2.05) is 13.0 Å². The smallest absolute Gasteiger partial charge is 0.231 e. The van der Waals surface area contributed by atoms with Crippen LogP contribution in [-0.2, 0) is 5.54 Å². The second-order valence-corrected chi connectivity index (χ2v) is 5.34. The molecule has 3 rings (SSSR count). The van der Waals surface area contributed by atoms with Crippen LogP contribution in [0.5, 0.6) is 11.5 Å². The molecule has 1 heterocycles. The Morgan fingerprint density at radius 1 is 1.29 bits per heavy atom. The summed E-state index contributed by atoms with van der Waals surface area (Å²) in [4.78, 5) is 0.